The van der Waals surface area contributed by atoms with Gasteiger partial charge in [0.05, 0.1) is 13.0 Å². The number of aliphatic hydroxyl groups excluding tert-OH is 1. The molecule has 0 aromatic heterocycles. The molecule has 1 rings (SSSR count). The number of carbonyl (C=O) groups excluding carboxylic acids is 7. The number of aliphatic hydroxyl groups is 1. The number of primary amides is 1. The monoisotopic (exact) mass is 1210 g/mol. The number of nitrogens with two attached hydrogens (primary N) is 1. The molecule has 17 nitrogen and oxygen atoms in total. The third kappa shape index (κ3) is 41.1. The van der Waals surface area contributed by atoms with Gasteiger partial charge < -0.3 is 50.5 Å². The van der Waals surface area contributed by atoms with E-state index in [1.165, 1.54) is 201 Å². The van der Waals surface area contributed by atoms with Crippen LogP contribution in [0.3, 0.4) is 0 Å². The van der Waals surface area contributed by atoms with Crippen molar-refractivity contribution in [3.63, 3.8) is 0 Å². The molecule has 85 heavy (non-hydrogen) atoms. The summed E-state index contributed by atoms with van der Waals surface area (Å²) in [4.78, 5) is 91.6. The van der Waals surface area contributed by atoms with E-state index in [2.05, 4.69) is 41.5 Å². The van der Waals surface area contributed by atoms with Crippen LogP contribution in [0.4, 0.5) is 0 Å². The van der Waals surface area contributed by atoms with E-state index >= 15 is 0 Å². The highest BCUT2D eigenvalue weighted by Gasteiger charge is 2.50. The summed E-state index contributed by atoms with van der Waals surface area (Å²) < 4.78 is 29.2. The van der Waals surface area contributed by atoms with Gasteiger partial charge in [0, 0.05) is 19.8 Å². The molecule has 1 heterocycles. The molecule has 0 aliphatic carbocycles. The Labute approximate surface area is 516 Å². The molecule has 17 heteroatoms. The number of ether oxygens (including phenoxy) is 5. The second-order valence-corrected chi connectivity index (χ2v) is 24.7. The lowest BCUT2D eigenvalue weighted by atomic mass is 9.93. The quantitative estimate of drug-likeness (QED) is 0.0216. The molecule has 1 aliphatic heterocycles. The van der Waals surface area contributed by atoms with Gasteiger partial charge >= 0.3 is 17.9 Å². The smallest absolute Gasteiger partial charge is 0.311 e. The van der Waals surface area contributed by atoms with Gasteiger partial charge in [-0.2, -0.15) is 0 Å². The van der Waals surface area contributed by atoms with Crippen LogP contribution in [0.25, 0.3) is 0 Å². The average Bonchev–Trinajstić information content (AvgIpc) is 3.37. The molecule has 0 spiro atoms. The fraction of sp³-hybridized carbons (Fsp3) is 0.897. The zero-order valence-electron chi connectivity index (χ0n) is 54.9. The van der Waals surface area contributed by atoms with Crippen molar-refractivity contribution in [1.29, 1.82) is 0 Å². The van der Waals surface area contributed by atoms with Crippen LogP contribution in [0.2, 0.25) is 0 Å². The van der Waals surface area contributed by atoms with Crippen LogP contribution in [0.5, 0.6) is 0 Å². The van der Waals surface area contributed by atoms with Gasteiger partial charge in [-0.25, -0.2) is 0 Å². The highest BCUT2D eigenvalue weighted by atomic mass is 16.7. The molecule has 6 N–H and O–H groups in total. The minimum Gasteiger partial charge on any atom is -0.469 e. The Bertz CT molecular complexity index is 1710. The van der Waals surface area contributed by atoms with Crippen LogP contribution in [0.15, 0.2) is 0 Å². The van der Waals surface area contributed by atoms with Crippen molar-refractivity contribution in [2.24, 2.45) is 11.7 Å². The fourth-order valence-corrected chi connectivity index (χ4v) is 11.3. The Morgan fingerprint density at radius 2 is 0.918 bits per heavy atom. The van der Waals surface area contributed by atoms with Crippen molar-refractivity contribution in [2.45, 2.75) is 373 Å². The van der Waals surface area contributed by atoms with E-state index in [0.29, 0.717) is 19.3 Å². The van der Waals surface area contributed by atoms with Crippen molar-refractivity contribution in [3.8, 4) is 0 Å². The Morgan fingerprint density at radius 3 is 1.31 bits per heavy atom. The third-order valence-electron chi connectivity index (χ3n) is 16.8. The molecular formula is C68H126N4O13. The summed E-state index contributed by atoms with van der Waals surface area (Å²) in [7, 11) is 1.20. The summed E-state index contributed by atoms with van der Waals surface area (Å²) >= 11 is 0. The Hall–Kier alpha value is -3.83. The Kier molecular flexibility index (Phi) is 49.6. The number of hydrogen-bond donors (Lipinski definition) is 5. The molecular weight excluding hydrogens is 1080 g/mol. The molecule has 0 aromatic rings. The normalized spacial score (nSPS) is 17.9. The minimum atomic E-state index is -1.61. The first kappa shape index (κ1) is 79.2. The maximum atomic E-state index is 14.6. The zero-order valence-corrected chi connectivity index (χ0v) is 54.9. The first-order valence-electron chi connectivity index (χ1n) is 34.7. The molecule has 4 amide bonds. The summed E-state index contributed by atoms with van der Waals surface area (Å²) in [5, 5.41) is 19.8. The van der Waals surface area contributed by atoms with Crippen molar-refractivity contribution < 1.29 is 62.4 Å². The molecule has 0 bridgehead atoms. The van der Waals surface area contributed by atoms with Crippen LogP contribution >= 0.6 is 0 Å². The Balaban J connectivity index is 3.22. The number of carbonyl (C=O) groups is 7. The molecule has 1 saturated heterocycles. The average molecular weight is 1210 g/mol. The predicted octanol–water partition coefficient (Wildman–Crippen LogP) is 13.9. The van der Waals surface area contributed by atoms with E-state index in [1.54, 1.807) is 0 Å². The minimum absolute atomic E-state index is 0.124. The van der Waals surface area contributed by atoms with Crippen molar-refractivity contribution in [3.05, 3.63) is 0 Å². The second-order valence-electron chi connectivity index (χ2n) is 24.7. The highest BCUT2D eigenvalue weighted by molar-refractivity contribution is 5.92. The van der Waals surface area contributed by atoms with Gasteiger partial charge in [0.1, 0.15) is 49.1 Å². The molecule has 1 unspecified atom stereocenters. The molecule has 0 aromatic carbocycles. The van der Waals surface area contributed by atoms with Gasteiger partial charge in [-0.1, -0.05) is 265 Å². The Morgan fingerprint density at radius 1 is 0.518 bits per heavy atom. The summed E-state index contributed by atoms with van der Waals surface area (Å²) in [5.74, 6) is -5.03. The van der Waals surface area contributed by atoms with E-state index in [9.17, 15) is 38.7 Å². The van der Waals surface area contributed by atoms with Crippen LogP contribution < -0.4 is 21.7 Å². The number of methoxy groups -OCH3 is 1. The van der Waals surface area contributed by atoms with Gasteiger partial charge in [-0.05, 0) is 39.5 Å². The van der Waals surface area contributed by atoms with E-state index < -0.39 is 103 Å². The largest absolute Gasteiger partial charge is 0.469 e. The lowest BCUT2D eigenvalue weighted by molar-refractivity contribution is -0.276. The maximum Gasteiger partial charge on any atom is 0.311 e. The molecule has 8 atom stereocenters. The summed E-state index contributed by atoms with van der Waals surface area (Å²) in [6.45, 7) is 10.3. The van der Waals surface area contributed by atoms with Crippen LogP contribution in [-0.2, 0) is 57.2 Å². The van der Waals surface area contributed by atoms with Crippen molar-refractivity contribution >= 4 is 41.5 Å². The second kappa shape index (κ2) is 53.2. The van der Waals surface area contributed by atoms with Gasteiger partial charge in [0.15, 0.2) is 0 Å². The zero-order chi connectivity index (χ0) is 62.7. The lowest BCUT2D eigenvalue weighted by Gasteiger charge is -2.44. The van der Waals surface area contributed by atoms with E-state index in [4.69, 9.17) is 24.7 Å². The predicted molar refractivity (Wildman–Crippen MR) is 338 cm³/mol. The maximum absolute atomic E-state index is 14.6. The van der Waals surface area contributed by atoms with Crippen molar-refractivity contribution in [2.75, 3.05) is 13.7 Å². The lowest BCUT2D eigenvalue weighted by Crippen LogP contribution is -2.66. The van der Waals surface area contributed by atoms with Crippen LogP contribution in [0, 0.1) is 5.92 Å². The number of unbranched alkanes of at least 4 members (excludes halogenated alkanes) is 36. The number of nitrogens with one attached hydrogen (secondary N) is 3. The summed E-state index contributed by atoms with van der Waals surface area (Å²) in [6.07, 6.45) is 40.4. The van der Waals surface area contributed by atoms with E-state index in [1.807, 2.05) is 0 Å². The number of rotatable bonds is 57. The fourth-order valence-electron chi connectivity index (χ4n) is 11.3. The first-order valence-corrected chi connectivity index (χ1v) is 34.7. The van der Waals surface area contributed by atoms with E-state index in [0.717, 1.165) is 70.6 Å². The number of amides is 4. The number of hydrogen-bond acceptors (Lipinski definition) is 13. The van der Waals surface area contributed by atoms with Crippen LogP contribution in [-0.4, -0.2) is 109 Å². The summed E-state index contributed by atoms with van der Waals surface area (Å²) in [6, 6.07) is -3.76. The summed E-state index contributed by atoms with van der Waals surface area (Å²) in [5.41, 5.74) is 5.49. The van der Waals surface area contributed by atoms with Crippen molar-refractivity contribution in [1.82, 2.24) is 16.0 Å². The highest BCUT2D eigenvalue weighted by Crippen LogP contribution is 2.30. The van der Waals surface area contributed by atoms with Crippen LogP contribution in [0.1, 0.15) is 324 Å². The van der Waals surface area contributed by atoms with E-state index in [-0.39, 0.29) is 19.3 Å². The van der Waals surface area contributed by atoms with Gasteiger partial charge in [0.25, 0.3) is 0 Å². The molecule has 0 radical (unpaired) electrons. The standard InChI is InChI=1S/C68H126N4O13/c1-8-11-14-17-20-23-26-29-30-31-34-37-40-43-46-49-60(75)82-52-58-62(76)63(83-54(5)66(79)70-53(4)65(78)72-57(64(69)77)50-51-59(74)81-7)61(71-55(6)73)68(84-58)85-67(80)56(47-44-41-38-35-32-27-24-21-18-15-12-9-2)48-45-42-39-36-33-28-25-22-19-16-13-10-3/h53-54,56-58,61-63,68,76H,8-52H2,1-7H3,(H2,69,77)(H,70,79)(H,71,73)(H,72,78)/t53-,54?,57+,58+,61+,62+,63-,68+/m0/s1. The third-order valence-corrected chi connectivity index (χ3v) is 16.8. The topological polar surface area (TPSA) is 248 Å². The molecule has 0 saturated carbocycles. The molecule has 1 fully saturated rings. The first-order chi connectivity index (χ1) is 41.1. The number of esters is 3. The SMILES string of the molecule is CCCCCCCCCCCCCCCCCC(=O)OC[C@H]1O[C@H](OC(=O)C(CCCCCCCCCCCCCC)CCCCCCCCCCCCCC)[C@H](NC(C)=O)[C@H](OC(C)C(=O)N[C@@H](C)C(=O)N[C@H](CCC(=O)OC)C(N)=O)[C@@H]1O. The van der Waals surface area contributed by atoms with Gasteiger partial charge in [-0.3, -0.25) is 33.6 Å². The van der Waals surface area contributed by atoms with Gasteiger partial charge in [-0.15, -0.1) is 0 Å². The molecule has 1 aliphatic rings. The molecule has 496 valence electrons. The van der Waals surface area contributed by atoms with Gasteiger partial charge in [0.2, 0.25) is 29.9 Å².